The Morgan fingerprint density at radius 3 is 2.67 bits per heavy atom. The number of esters is 1. The number of hydrogen-bond donors (Lipinski definition) is 4. The number of carbonyl (C=O) groups is 1. The van der Waals surface area contributed by atoms with Gasteiger partial charge in [-0.3, -0.25) is 0 Å². The van der Waals surface area contributed by atoms with E-state index in [-0.39, 0.29) is 0 Å². The molecule has 0 aromatic heterocycles. The Morgan fingerprint density at radius 2 is 2.20 bits per heavy atom. The van der Waals surface area contributed by atoms with Gasteiger partial charge in [0, 0.05) is 6.42 Å². The van der Waals surface area contributed by atoms with Crippen LogP contribution in [0.3, 0.4) is 0 Å². The van der Waals surface area contributed by atoms with Gasteiger partial charge < -0.3 is 29.9 Å². The van der Waals surface area contributed by atoms with E-state index in [1.807, 2.05) is 0 Å². The van der Waals surface area contributed by atoms with E-state index in [0.717, 1.165) is 7.11 Å². The lowest BCUT2D eigenvalue weighted by Gasteiger charge is -2.39. The van der Waals surface area contributed by atoms with Crippen molar-refractivity contribution < 1.29 is 34.7 Å². The molecule has 15 heavy (non-hydrogen) atoms. The normalized spacial score (nSPS) is 41.3. The predicted molar refractivity (Wildman–Crippen MR) is 45.6 cm³/mol. The van der Waals surface area contributed by atoms with Crippen LogP contribution in [0.1, 0.15) is 6.42 Å². The minimum atomic E-state index is -2.32. The summed E-state index contributed by atoms with van der Waals surface area (Å²) in [6.07, 6.45) is -4.44. The first-order chi connectivity index (χ1) is 6.94. The van der Waals surface area contributed by atoms with E-state index in [4.69, 9.17) is 9.84 Å². The van der Waals surface area contributed by atoms with E-state index in [0.29, 0.717) is 0 Å². The van der Waals surface area contributed by atoms with Gasteiger partial charge >= 0.3 is 5.97 Å². The maximum Gasteiger partial charge on any atom is 0.366 e. The molecule has 0 aliphatic carbocycles. The van der Waals surface area contributed by atoms with Gasteiger partial charge in [-0.05, 0) is 0 Å². The van der Waals surface area contributed by atoms with Gasteiger partial charge in [0.1, 0.15) is 12.2 Å². The number of methoxy groups -OCH3 is 1. The van der Waals surface area contributed by atoms with Crippen molar-refractivity contribution in [3.8, 4) is 0 Å². The molecule has 0 spiro atoms. The monoisotopic (exact) mass is 222 g/mol. The van der Waals surface area contributed by atoms with Crippen molar-refractivity contribution in [2.45, 2.75) is 30.5 Å². The van der Waals surface area contributed by atoms with Crippen LogP contribution in [-0.2, 0) is 14.3 Å². The number of rotatable bonds is 2. The predicted octanol–water partition coefficient (Wildman–Crippen LogP) is -2.65. The van der Waals surface area contributed by atoms with Crippen LogP contribution in [0.5, 0.6) is 0 Å². The average Bonchev–Trinajstić information content (AvgIpc) is 2.22. The van der Waals surface area contributed by atoms with Crippen molar-refractivity contribution >= 4 is 5.97 Å². The SMILES string of the molecule is COC(=O)[C@]1(O)C[C@H](O)[C@@H](O)[C@H](CO)O1. The van der Waals surface area contributed by atoms with Crippen molar-refractivity contribution in [3.05, 3.63) is 0 Å². The van der Waals surface area contributed by atoms with Gasteiger partial charge in [0.2, 0.25) is 0 Å². The molecule has 0 saturated carbocycles. The number of hydrogen-bond acceptors (Lipinski definition) is 7. The summed E-state index contributed by atoms with van der Waals surface area (Å²) in [7, 11) is 1.05. The van der Waals surface area contributed by atoms with Crippen LogP contribution in [0.4, 0.5) is 0 Å². The summed E-state index contributed by atoms with van der Waals surface area (Å²) < 4.78 is 9.06. The smallest absolute Gasteiger partial charge is 0.366 e. The summed E-state index contributed by atoms with van der Waals surface area (Å²) >= 11 is 0. The Bertz CT molecular complexity index is 243. The average molecular weight is 222 g/mol. The molecule has 1 fully saturated rings. The summed E-state index contributed by atoms with van der Waals surface area (Å²) in [5.41, 5.74) is 0. The van der Waals surface area contributed by atoms with E-state index < -0.39 is 43.1 Å². The van der Waals surface area contributed by atoms with Crippen LogP contribution >= 0.6 is 0 Å². The largest absolute Gasteiger partial charge is 0.465 e. The lowest BCUT2D eigenvalue weighted by Crippen LogP contribution is -2.59. The lowest BCUT2D eigenvalue weighted by molar-refractivity contribution is -0.299. The van der Waals surface area contributed by atoms with Gasteiger partial charge in [-0.2, -0.15) is 0 Å². The Balaban J connectivity index is 2.82. The van der Waals surface area contributed by atoms with Gasteiger partial charge in [-0.1, -0.05) is 0 Å². The van der Waals surface area contributed by atoms with E-state index >= 15 is 0 Å². The molecule has 7 heteroatoms. The third kappa shape index (κ3) is 2.27. The molecular weight excluding hydrogens is 208 g/mol. The second-order valence-electron chi connectivity index (χ2n) is 3.38. The maximum atomic E-state index is 11.1. The summed E-state index contributed by atoms with van der Waals surface area (Å²) in [6.45, 7) is -0.627. The Morgan fingerprint density at radius 1 is 1.60 bits per heavy atom. The van der Waals surface area contributed by atoms with Gasteiger partial charge in [0.15, 0.2) is 0 Å². The first-order valence-electron chi connectivity index (χ1n) is 4.40. The third-order valence-electron chi connectivity index (χ3n) is 2.29. The van der Waals surface area contributed by atoms with Gasteiger partial charge in [0.05, 0.1) is 19.8 Å². The molecule has 4 atom stereocenters. The van der Waals surface area contributed by atoms with Crippen LogP contribution in [0.15, 0.2) is 0 Å². The molecule has 1 saturated heterocycles. The van der Waals surface area contributed by atoms with Crippen molar-refractivity contribution in [3.63, 3.8) is 0 Å². The number of carbonyl (C=O) groups excluding carboxylic acids is 1. The van der Waals surface area contributed by atoms with Crippen LogP contribution in [0.2, 0.25) is 0 Å². The fourth-order valence-corrected chi connectivity index (χ4v) is 1.46. The zero-order valence-electron chi connectivity index (χ0n) is 8.16. The molecular formula is C8H14O7. The maximum absolute atomic E-state index is 11.1. The number of aliphatic hydroxyl groups is 4. The third-order valence-corrected chi connectivity index (χ3v) is 2.29. The zero-order chi connectivity index (χ0) is 11.6. The molecule has 0 aromatic carbocycles. The highest BCUT2D eigenvalue weighted by Gasteiger charge is 2.50. The minimum Gasteiger partial charge on any atom is -0.465 e. The molecule has 0 amide bonds. The van der Waals surface area contributed by atoms with Gasteiger partial charge in [0.25, 0.3) is 5.79 Å². The molecule has 1 rings (SSSR count). The molecule has 0 bridgehead atoms. The summed E-state index contributed by atoms with van der Waals surface area (Å²) in [6, 6.07) is 0. The zero-order valence-corrected chi connectivity index (χ0v) is 8.16. The van der Waals surface area contributed by atoms with Crippen LogP contribution in [-0.4, -0.2) is 64.2 Å². The topological polar surface area (TPSA) is 116 Å². The molecule has 1 aliphatic rings. The highest BCUT2D eigenvalue weighted by atomic mass is 16.7. The Labute approximate surface area is 85.9 Å². The summed E-state index contributed by atoms with van der Waals surface area (Å²) in [5.74, 6) is -3.40. The van der Waals surface area contributed by atoms with Crippen molar-refractivity contribution in [2.24, 2.45) is 0 Å². The molecule has 88 valence electrons. The second-order valence-corrected chi connectivity index (χ2v) is 3.38. The number of aliphatic hydroxyl groups excluding tert-OH is 3. The fraction of sp³-hybridized carbons (Fsp3) is 0.875. The Hall–Kier alpha value is -0.730. The molecule has 4 N–H and O–H groups in total. The van der Waals surface area contributed by atoms with Gasteiger partial charge in [-0.25, -0.2) is 4.79 Å². The molecule has 1 heterocycles. The van der Waals surface area contributed by atoms with E-state index in [2.05, 4.69) is 4.74 Å². The van der Waals surface area contributed by atoms with Crippen LogP contribution < -0.4 is 0 Å². The summed E-state index contributed by atoms with van der Waals surface area (Å²) in [4.78, 5) is 11.1. The van der Waals surface area contributed by atoms with Crippen molar-refractivity contribution in [2.75, 3.05) is 13.7 Å². The molecule has 0 aromatic rings. The minimum absolute atomic E-state index is 0.503. The molecule has 7 nitrogen and oxygen atoms in total. The molecule has 0 unspecified atom stereocenters. The fourth-order valence-electron chi connectivity index (χ4n) is 1.46. The second kappa shape index (κ2) is 4.42. The van der Waals surface area contributed by atoms with Gasteiger partial charge in [-0.15, -0.1) is 0 Å². The molecule has 0 radical (unpaired) electrons. The van der Waals surface area contributed by atoms with Crippen molar-refractivity contribution in [1.29, 1.82) is 0 Å². The number of ether oxygens (including phenoxy) is 2. The van der Waals surface area contributed by atoms with E-state index in [1.54, 1.807) is 0 Å². The molecule has 1 aliphatic heterocycles. The summed E-state index contributed by atoms with van der Waals surface area (Å²) in [5, 5.41) is 37.1. The highest BCUT2D eigenvalue weighted by Crippen LogP contribution is 2.28. The first kappa shape index (κ1) is 12.3. The van der Waals surface area contributed by atoms with Crippen LogP contribution in [0.25, 0.3) is 0 Å². The first-order valence-corrected chi connectivity index (χ1v) is 4.40. The Kier molecular flexibility index (Phi) is 3.63. The van der Waals surface area contributed by atoms with E-state index in [1.165, 1.54) is 0 Å². The van der Waals surface area contributed by atoms with E-state index in [9.17, 15) is 20.1 Å². The standard InChI is InChI=1S/C8H14O7/c1-14-7(12)8(13)2-4(10)6(11)5(3-9)15-8/h4-6,9-11,13H,2-3H2,1H3/t4-,5-,6+,8-/m0/s1. The van der Waals surface area contributed by atoms with Crippen molar-refractivity contribution in [1.82, 2.24) is 0 Å². The highest BCUT2D eigenvalue weighted by molar-refractivity contribution is 5.77. The lowest BCUT2D eigenvalue weighted by atomic mass is 9.96. The quantitative estimate of drug-likeness (QED) is 0.377. The van der Waals surface area contributed by atoms with Crippen LogP contribution in [0, 0.1) is 0 Å².